The van der Waals surface area contributed by atoms with Gasteiger partial charge in [-0.05, 0) is 42.2 Å². The lowest BCUT2D eigenvalue weighted by molar-refractivity contribution is -0.161. The van der Waals surface area contributed by atoms with Gasteiger partial charge in [0.25, 0.3) is 0 Å². The van der Waals surface area contributed by atoms with E-state index in [1.165, 1.54) is 0 Å². The third-order valence-electron chi connectivity index (χ3n) is 3.60. The first-order valence-corrected chi connectivity index (χ1v) is 8.70. The Morgan fingerprint density at radius 1 is 1.00 bits per heavy atom. The molecular formula is C21H26O4. The van der Waals surface area contributed by atoms with Crippen molar-refractivity contribution in [2.75, 3.05) is 6.61 Å². The minimum atomic E-state index is -0.524. The Morgan fingerprint density at radius 2 is 1.72 bits per heavy atom. The van der Waals surface area contributed by atoms with Crippen molar-refractivity contribution in [2.24, 2.45) is 5.92 Å². The first-order chi connectivity index (χ1) is 12.1. The minimum absolute atomic E-state index is 0.0757. The fourth-order valence-corrected chi connectivity index (χ4v) is 2.34. The molecule has 0 aliphatic carbocycles. The maximum atomic E-state index is 12.3. The number of para-hydroxylation sites is 1. The van der Waals surface area contributed by atoms with Crippen LogP contribution >= 0.6 is 0 Å². The lowest BCUT2D eigenvalue weighted by atomic mass is 10.1. The summed E-state index contributed by atoms with van der Waals surface area (Å²) in [5, 5.41) is 0. The van der Waals surface area contributed by atoms with Crippen LogP contribution in [-0.4, -0.2) is 18.7 Å². The van der Waals surface area contributed by atoms with E-state index in [1.807, 2.05) is 75.4 Å². The van der Waals surface area contributed by atoms with E-state index in [-0.39, 0.29) is 18.5 Å². The van der Waals surface area contributed by atoms with Crippen molar-refractivity contribution in [2.45, 2.75) is 39.9 Å². The van der Waals surface area contributed by atoms with Crippen molar-refractivity contribution in [3.8, 4) is 11.5 Å². The Kier molecular flexibility index (Phi) is 7.48. The maximum absolute atomic E-state index is 12.3. The molecule has 2 aromatic rings. The van der Waals surface area contributed by atoms with Gasteiger partial charge in [-0.2, -0.15) is 0 Å². The van der Waals surface area contributed by atoms with Crippen LogP contribution in [0.3, 0.4) is 0 Å². The highest BCUT2D eigenvalue weighted by atomic mass is 16.6. The topological polar surface area (TPSA) is 44.8 Å². The van der Waals surface area contributed by atoms with Crippen LogP contribution in [0.25, 0.3) is 0 Å². The van der Waals surface area contributed by atoms with Crippen LogP contribution in [0.1, 0.15) is 32.8 Å². The molecule has 0 bridgehead atoms. The molecule has 0 saturated carbocycles. The van der Waals surface area contributed by atoms with Crippen molar-refractivity contribution < 1.29 is 19.0 Å². The second kappa shape index (κ2) is 9.84. The largest absolute Gasteiger partial charge is 0.459 e. The van der Waals surface area contributed by atoms with Crippen molar-refractivity contribution >= 4 is 5.97 Å². The minimum Gasteiger partial charge on any atom is -0.459 e. The van der Waals surface area contributed by atoms with Crippen LogP contribution in [-0.2, 0) is 20.9 Å². The van der Waals surface area contributed by atoms with Crippen LogP contribution in [0.2, 0.25) is 0 Å². The first kappa shape index (κ1) is 19.0. The van der Waals surface area contributed by atoms with Gasteiger partial charge in [0.05, 0.1) is 0 Å². The van der Waals surface area contributed by atoms with Crippen LogP contribution in [0, 0.1) is 5.92 Å². The van der Waals surface area contributed by atoms with Crippen molar-refractivity contribution in [1.29, 1.82) is 0 Å². The summed E-state index contributed by atoms with van der Waals surface area (Å²) in [7, 11) is 0. The predicted octanol–water partition coefficient (Wildman–Crippen LogP) is 4.97. The first-order valence-electron chi connectivity index (χ1n) is 8.70. The number of hydrogen-bond acceptors (Lipinski definition) is 4. The Bertz CT molecular complexity index is 652. The van der Waals surface area contributed by atoms with Gasteiger partial charge in [0.2, 0.25) is 0 Å². The summed E-state index contributed by atoms with van der Waals surface area (Å²) in [6, 6.07) is 17.1. The van der Waals surface area contributed by atoms with E-state index in [2.05, 4.69) is 0 Å². The maximum Gasteiger partial charge on any atom is 0.335 e. The van der Waals surface area contributed by atoms with Gasteiger partial charge < -0.3 is 14.2 Å². The van der Waals surface area contributed by atoms with E-state index in [9.17, 15) is 4.79 Å². The smallest absolute Gasteiger partial charge is 0.335 e. The fourth-order valence-electron chi connectivity index (χ4n) is 2.34. The Morgan fingerprint density at radius 3 is 2.40 bits per heavy atom. The van der Waals surface area contributed by atoms with Gasteiger partial charge in [0.15, 0.2) is 6.10 Å². The summed E-state index contributed by atoms with van der Waals surface area (Å²) in [6.45, 7) is 6.68. The molecule has 0 N–H and O–H groups in total. The number of esters is 1. The van der Waals surface area contributed by atoms with Crippen molar-refractivity contribution in [3.05, 3.63) is 60.2 Å². The molecule has 2 aromatic carbocycles. The molecule has 134 valence electrons. The average molecular weight is 342 g/mol. The van der Waals surface area contributed by atoms with Gasteiger partial charge in [-0.3, -0.25) is 0 Å². The molecule has 4 heteroatoms. The number of carbonyl (C=O) groups is 1. The molecule has 0 aromatic heterocycles. The predicted molar refractivity (Wildman–Crippen MR) is 97.6 cm³/mol. The number of carbonyl (C=O) groups excluding carboxylic acids is 1. The molecule has 1 atom stereocenters. The highest BCUT2D eigenvalue weighted by Crippen LogP contribution is 2.22. The van der Waals surface area contributed by atoms with Crippen LogP contribution in [0.4, 0.5) is 0 Å². The molecule has 2 rings (SSSR count). The normalized spacial score (nSPS) is 12.0. The third kappa shape index (κ3) is 6.24. The molecule has 0 aliphatic heterocycles. The summed E-state index contributed by atoms with van der Waals surface area (Å²) in [4.78, 5) is 12.3. The Labute approximate surface area is 149 Å². The molecule has 0 amide bonds. The third-order valence-corrected chi connectivity index (χ3v) is 3.60. The summed E-state index contributed by atoms with van der Waals surface area (Å²) < 4.78 is 16.8. The van der Waals surface area contributed by atoms with Gasteiger partial charge in [-0.1, -0.05) is 51.1 Å². The lowest BCUT2D eigenvalue weighted by Gasteiger charge is -2.19. The summed E-state index contributed by atoms with van der Waals surface area (Å²) in [5.41, 5.74) is 0.875. The summed E-state index contributed by atoms with van der Waals surface area (Å²) in [5.74, 6) is 1.23. The van der Waals surface area contributed by atoms with E-state index in [0.717, 1.165) is 17.7 Å². The van der Waals surface area contributed by atoms with Crippen LogP contribution in [0.15, 0.2) is 54.6 Å². The van der Waals surface area contributed by atoms with Gasteiger partial charge >= 0.3 is 5.97 Å². The molecule has 0 saturated heterocycles. The zero-order valence-electron chi connectivity index (χ0n) is 15.1. The van der Waals surface area contributed by atoms with E-state index in [1.54, 1.807) is 0 Å². The van der Waals surface area contributed by atoms with Crippen molar-refractivity contribution in [1.82, 2.24) is 0 Å². The molecular weight excluding hydrogens is 316 g/mol. The number of rotatable bonds is 9. The van der Waals surface area contributed by atoms with Gasteiger partial charge in [0.1, 0.15) is 18.1 Å². The molecule has 4 nitrogen and oxygen atoms in total. The number of benzene rings is 2. The standard InChI is InChI=1S/C21H26O4/c1-4-13-23-20(16(2)3)21(22)24-15-17-9-8-12-19(14-17)25-18-10-6-5-7-11-18/h5-12,14,16,20H,4,13,15H2,1-3H3. The summed E-state index contributed by atoms with van der Waals surface area (Å²) in [6.07, 6.45) is 0.346. The van der Waals surface area contributed by atoms with E-state index < -0.39 is 6.10 Å². The second-order valence-corrected chi connectivity index (χ2v) is 6.21. The monoisotopic (exact) mass is 342 g/mol. The number of hydrogen-bond donors (Lipinski definition) is 0. The van der Waals surface area contributed by atoms with E-state index in [0.29, 0.717) is 12.4 Å². The summed E-state index contributed by atoms with van der Waals surface area (Å²) >= 11 is 0. The lowest BCUT2D eigenvalue weighted by Crippen LogP contribution is -2.31. The molecule has 0 spiro atoms. The highest BCUT2D eigenvalue weighted by Gasteiger charge is 2.24. The second-order valence-electron chi connectivity index (χ2n) is 6.21. The van der Waals surface area contributed by atoms with Crippen LogP contribution in [0.5, 0.6) is 11.5 Å². The average Bonchev–Trinajstić information content (AvgIpc) is 2.61. The van der Waals surface area contributed by atoms with E-state index >= 15 is 0 Å². The molecule has 0 radical (unpaired) electrons. The zero-order chi connectivity index (χ0) is 18.1. The van der Waals surface area contributed by atoms with Crippen LogP contribution < -0.4 is 4.74 Å². The molecule has 1 unspecified atom stereocenters. The fraction of sp³-hybridized carbons (Fsp3) is 0.381. The van der Waals surface area contributed by atoms with E-state index in [4.69, 9.17) is 14.2 Å². The van der Waals surface area contributed by atoms with Gasteiger partial charge in [-0.15, -0.1) is 0 Å². The SMILES string of the molecule is CCCOC(C(=O)OCc1cccc(Oc2ccccc2)c1)C(C)C. The Hall–Kier alpha value is -2.33. The van der Waals surface area contributed by atoms with Gasteiger partial charge in [0, 0.05) is 6.61 Å². The van der Waals surface area contributed by atoms with Crippen molar-refractivity contribution in [3.63, 3.8) is 0 Å². The molecule has 0 aliphatic rings. The molecule has 0 heterocycles. The zero-order valence-corrected chi connectivity index (χ0v) is 15.1. The molecule has 25 heavy (non-hydrogen) atoms. The number of ether oxygens (including phenoxy) is 3. The highest BCUT2D eigenvalue weighted by molar-refractivity contribution is 5.75. The Balaban J connectivity index is 1.94. The quantitative estimate of drug-likeness (QED) is 0.603. The van der Waals surface area contributed by atoms with Gasteiger partial charge in [-0.25, -0.2) is 4.79 Å². The molecule has 0 fully saturated rings.